The molecule has 0 unspecified atom stereocenters. The molecule has 6 heteroatoms. The number of pyridine rings is 3. The van der Waals surface area contributed by atoms with Crippen LogP contribution in [0.25, 0.3) is 49.1 Å². The summed E-state index contributed by atoms with van der Waals surface area (Å²) < 4.78 is 1.76. The monoisotopic (exact) mass is 381 g/mol. The lowest BCUT2D eigenvalue weighted by molar-refractivity contribution is -0.282. The number of benzene rings is 2. The SMILES string of the molecule is COOCc1cc2c3ccccc3n3c(=O)c4cc5ccccc5nc4c(n1)c23. The van der Waals surface area contributed by atoms with Gasteiger partial charge in [0.15, 0.2) is 0 Å². The van der Waals surface area contributed by atoms with Crippen LogP contribution in [-0.4, -0.2) is 21.5 Å². The second-order valence-electron chi connectivity index (χ2n) is 7.02. The first-order valence-electron chi connectivity index (χ1n) is 9.30. The number of nitrogens with zero attached hydrogens (tertiary/aromatic N) is 3. The van der Waals surface area contributed by atoms with Crippen LogP contribution in [0.15, 0.2) is 65.5 Å². The predicted octanol–water partition coefficient (Wildman–Crippen LogP) is 4.22. The third-order valence-electron chi connectivity index (χ3n) is 5.41. The smallest absolute Gasteiger partial charge is 0.265 e. The van der Waals surface area contributed by atoms with Crippen molar-refractivity contribution in [2.45, 2.75) is 6.61 Å². The molecule has 0 amide bonds. The lowest BCUT2D eigenvalue weighted by atomic mass is 10.1. The first kappa shape index (κ1) is 16.4. The Labute approximate surface area is 164 Å². The van der Waals surface area contributed by atoms with Crippen LogP contribution in [0.1, 0.15) is 5.69 Å². The van der Waals surface area contributed by atoms with Crippen LogP contribution < -0.4 is 5.56 Å². The summed E-state index contributed by atoms with van der Waals surface area (Å²) in [7, 11) is 1.47. The van der Waals surface area contributed by atoms with Crippen LogP contribution in [0, 0.1) is 0 Å². The van der Waals surface area contributed by atoms with Crippen LogP contribution in [-0.2, 0) is 16.4 Å². The van der Waals surface area contributed by atoms with Gasteiger partial charge >= 0.3 is 0 Å². The Hall–Kier alpha value is -3.61. The van der Waals surface area contributed by atoms with Crippen molar-refractivity contribution in [3.05, 3.63) is 76.7 Å². The topological polar surface area (TPSA) is 65.7 Å². The van der Waals surface area contributed by atoms with Gasteiger partial charge in [0.05, 0.1) is 34.7 Å². The van der Waals surface area contributed by atoms with Crippen molar-refractivity contribution in [2.75, 3.05) is 7.11 Å². The van der Waals surface area contributed by atoms with Gasteiger partial charge in [-0.25, -0.2) is 19.7 Å². The molecular formula is C23H15N3O3. The lowest BCUT2D eigenvalue weighted by Crippen LogP contribution is -2.14. The van der Waals surface area contributed by atoms with Crippen molar-refractivity contribution in [3.63, 3.8) is 0 Å². The fourth-order valence-corrected chi connectivity index (χ4v) is 4.19. The van der Waals surface area contributed by atoms with Gasteiger partial charge in [0, 0.05) is 16.2 Å². The van der Waals surface area contributed by atoms with E-state index >= 15 is 0 Å². The highest BCUT2D eigenvalue weighted by Crippen LogP contribution is 2.34. The Kier molecular flexibility index (Phi) is 3.35. The van der Waals surface area contributed by atoms with E-state index in [1.165, 1.54) is 7.11 Å². The normalized spacial score (nSPS) is 12.2. The van der Waals surface area contributed by atoms with E-state index in [9.17, 15) is 4.79 Å². The maximum absolute atomic E-state index is 13.5. The van der Waals surface area contributed by atoms with Crippen molar-refractivity contribution in [1.82, 2.24) is 14.4 Å². The molecule has 4 heterocycles. The molecule has 6 rings (SSSR count). The highest BCUT2D eigenvalue weighted by molar-refractivity contribution is 6.18. The quantitative estimate of drug-likeness (QED) is 0.199. The summed E-state index contributed by atoms with van der Waals surface area (Å²) in [6.07, 6.45) is 0. The summed E-state index contributed by atoms with van der Waals surface area (Å²) in [6, 6.07) is 19.5. The fourth-order valence-electron chi connectivity index (χ4n) is 4.19. The summed E-state index contributed by atoms with van der Waals surface area (Å²) in [5, 5.41) is 3.43. The van der Waals surface area contributed by atoms with Gasteiger partial charge in [0.2, 0.25) is 0 Å². The molecule has 0 N–H and O–H groups in total. The molecular weight excluding hydrogens is 366 g/mol. The molecule has 0 aliphatic carbocycles. The summed E-state index contributed by atoms with van der Waals surface area (Å²) in [5.74, 6) is 0. The Balaban J connectivity index is 1.91. The van der Waals surface area contributed by atoms with E-state index in [0.717, 1.165) is 32.7 Å². The van der Waals surface area contributed by atoms with Gasteiger partial charge in [-0.2, -0.15) is 0 Å². The van der Waals surface area contributed by atoms with Gasteiger partial charge in [-0.15, -0.1) is 0 Å². The molecule has 140 valence electrons. The van der Waals surface area contributed by atoms with E-state index in [4.69, 9.17) is 19.7 Å². The first-order chi connectivity index (χ1) is 14.3. The Morgan fingerprint density at radius 3 is 2.62 bits per heavy atom. The maximum Gasteiger partial charge on any atom is 0.265 e. The van der Waals surface area contributed by atoms with E-state index in [2.05, 4.69) is 0 Å². The van der Waals surface area contributed by atoms with Crippen LogP contribution in [0.2, 0.25) is 0 Å². The number of rotatable bonds is 3. The summed E-state index contributed by atoms with van der Waals surface area (Å²) in [6.45, 7) is 0.204. The predicted molar refractivity (Wildman–Crippen MR) is 112 cm³/mol. The van der Waals surface area contributed by atoms with Gasteiger partial charge < -0.3 is 0 Å². The number of para-hydroxylation sites is 2. The highest BCUT2D eigenvalue weighted by atomic mass is 17.2. The molecule has 0 aliphatic heterocycles. The minimum atomic E-state index is -0.0837. The largest absolute Gasteiger partial charge is 0.273 e. The van der Waals surface area contributed by atoms with Crippen molar-refractivity contribution in [3.8, 4) is 0 Å². The summed E-state index contributed by atoms with van der Waals surface area (Å²) >= 11 is 0. The Bertz CT molecular complexity index is 1620. The summed E-state index contributed by atoms with van der Waals surface area (Å²) in [5.41, 5.74) is 4.40. The zero-order chi connectivity index (χ0) is 19.5. The molecule has 6 nitrogen and oxygen atoms in total. The molecule has 0 spiro atoms. The van der Waals surface area contributed by atoms with Crippen LogP contribution in [0.3, 0.4) is 0 Å². The van der Waals surface area contributed by atoms with Crippen LogP contribution >= 0.6 is 0 Å². The highest BCUT2D eigenvalue weighted by Gasteiger charge is 2.20. The number of aromatic nitrogens is 3. The number of hydrogen-bond donors (Lipinski definition) is 0. The Morgan fingerprint density at radius 2 is 1.72 bits per heavy atom. The molecule has 0 saturated carbocycles. The molecule has 2 aromatic carbocycles. The Morgan fingerprint density at radius 1 is 0.897 bits per heavy atom. The van der Waals surface area contributed by atoms with Gasteiger partial charge in [-0.1, -0.05) is 36.4 Å². The number of hydrogen-bond acceptors (Lipinski definition) is 5. The minimum Gasteiger partial charge on any atom is -0.273 e. The van der Waals surface area contributed by atoms with Crippen LogP contribution in [0.5, 0.6) is 0 Å². The molecule has 6 aromatic rings. The van der Waals surface area contributed by atoms with Crippen molar-refractivity contribution >= 4 is 49.1 Å². The van der Waals surface area contributed by atoms with E-state index in [0.29, 0.717) is 22.1 Å². The molecule has 0 aliphatic rings. The van der Waals surface area contributed by atoms with Crippen LogP contribution in [0.4, 0.5) is 0 Å². The lowest BCUT2D eigenvalue weighted by Gasteiger charge is -2.08. The van der Waals surface area contributed by atoms with E-state index in [-0.39, 0.29) is 12.2 Å². The second kappa shape index (κ2) is 5.94. The van der Waals surface area contributed by atoms with Gasteiger partial charge in [-0.3, -0.25) is 9.20 Å². The molecule has 4 aromatic heterocycles. The third kappa shape index (κ3) is 2.21. The van der Waals surface area contributed by atoms with E-state index in [1.54, 1.807) is 4.40 Å². The maximum atomic E-state index is 13.5. The van der Waals surface area contributed by atoms with Gasteiger partial charge in [-0.05, 0) is 24.3 Å². The van der Waals surface area contributed by atoms with Crippen molar-refractivity contribution < 1.29 is 9.78 Å². The molecule has 0 radical (unpaired) electrons. The average molecular weight is 381 g/mol. The average Bonchev–Trinajstić information content (AvgIpc) is 3.10. The first-order valence-corrected chi connectivity index (χ1v) is 9.30. The zero-order valence-electron chi connectivity index (χ0n) is 15.5. The molecule has 29 heavy (non-hydrogen) atoms. The zero-order valence-corrected chi connectivity index (χ0v) is 15.5. The van der Waals surface area contributed by atoms with Crippen molar-refractivity contribution in [2.24, 2.45) is 0 Å². The standard InChI is InChI=1S/C23H15N3O3/c1-28-29-12-14-11-16-15-7-3-5-9-19(15)26-22(16)21(24-14)20-17(23(26)27)10-13-6-2-4-8-18(13)25-20/h2-11H,12H2,1H3. The minimum absolute atomic E-state index is 0.0837. The molecule has 0 fully saturated rings. The number of fused-ring (bicyclic) bond motifs is 6. The molecule has 0 bridgehead atoms. The fraction of sp³-hybridized carbons (Fsp3) is 0.0870. The van der Waals surface area contributed by atoms with Gasteiger partial charge in [0.1, 0.15) is 17.6 Å². The molecule has 0 atom stereocenters. The van der Waals surface area contributed by atoms with E-state index < -0.39 is 0 Å². The van der Waals surface area contributed by atoms with E-state index in [1.807, 2.05) is 60.7 Å². The van der Waals surface area contributed by atoms with Gasteiger partial charge in [0.25, 0.3) is 5.56 Å². The molecule has 0 saturated heterocycles. The third-order valence-corrected chi connectivity index (χ3v) is 5.41. The summed E-state index contributed by atoms with van der Waals surface area (Å²) in [4.78, 5) is 33.0. The van der Waals surface area contributed by atoms with Crippen molar-refractivity contribution in [1.29, 1.82) is 0 Å². The second-order valence-corrected chi connectivity index (χ2v) is 7.02.